The number of aryl methyl sites for hydroxylation is 2. The van der Waals surface area contributed by atoms with Crippen molar-refractivity contribution in [3.05, 3.63) is 40.4 Å². The summed E-state index contributed by atoms with van der Waals surface area (Å²) in [5.41, 5.74) is 1.78. The maximum Gasteiger partial charge on any atom is 0.260 e. The quantitative estimate of drug-likeness (QED) is 0.869. The van der Waals surface area contributed by atoms with Crippen molar-refractivity contribution in [2.24, 2.45) is 0 Å². The Morgan fingerprint density at radius 1 is 1.42 bits per heavy atom. The van der Waals surface area contributed by atoms with Gasteiger partial charge in [-0.2, -0.15) is 10.2 Å². The van der Waals surface area contributed by atoms with Crippen molar-refractivity contribution < 1.29 is 4.79 Å². The molecule has 7 heteroatoms. The smallest absolute Gasteiger partial charge is 0.260 e. The second-order valence-corrected chi connectivity index (χ2v) is 4.24. The largest absolute Gasteiger partial charge is 0.290 e. The topological polar surface area (TPSA) is 80.7 Å². The summed E-state index contributed by atoms with van der Waals surface area (Å²) in [5, 5.41) is 10.8. The molecule has 1 N–H and O–H groups in total. The molecule has 0 radical (unpaired) electrons. The fourth-order valence-electron chi connectivity index (χ4n) is 1.54. The van der Waals surface area contributed by atoms with Crippen molar-refractivity contribution in [2.45, 2.75) is 20.3 Å². The lowest BCUT2D eigenvalue weighted by molar-refractivity contribution is 0.102. The minimum Gasteiger partial charge on any atom is -0.290 e. The standard InChI is InChI=1S/C12H12ClN5O/c1-3-9-8(6-7(2)17-18-9)11(19)16-12-14-5-4-10(13)15-12/h4-6H,3H2,1-2H3,(H,14,15,16,19). The Morgan fingerprint density at radius 3 is 2.89 bits per heavy atom. The van der Waals surface area contributed by atoms with Crippen LogP contribution in [0.4, 0.5) is 5.95 Å². The SMILES string of the molecule is CCc1nnc(C)cc1C(=O)Nc1nccc(Cl)n1. The molecule has 0 saturated carbocycles. The van der Waals surface area contributed by atoms with Gasteiger partial charge in [0.15, 0.2) is 0 Å². The van der Waals surface area contributed by atoms with Crippen LogP contribution in [0.5, 0.6) is 0 Å². The molecule has 0 aliphatic carbocycles. The van der Waals surface area contributed by atoms with Gasteiger partial charge in [0.05, 0.1) is 17.0 Å². The van der Waals surface area contributed by atoms with Crippen LogP contribution < -0.4 is 5.32 Å². The van der Waals surface area contributed by atoms with Crippen LogP contribution in [-0.2, 0) is 6.42 Å². The van der Waals surface area contributed by atoms with Gasteiger partial charge in [-0.3, -0.25) is 10.1 Å². The Balaban J connectivity index is 2.27. The Hall–Kier alpha value is -2.08. The van der Waals surface area contributed by atoms with Crippen molar-refractivity contribution in [1.29, 1.82) is 0 Å². The molecule has 2 aromatic heterocycles. The van der Waals surface area contributed by atoms with E-state index in [2.05, 4.69) is 25.5 Å². The van der Waals surface area contributed by atoms with Crippen LogP contribution in [0.1, 0.15) is 28.7 Å². The summed E-state index contributed by atoms with van der Waals surface area (Å²) in [6.07, 6.45) is 2.09. The molecule has 6 nitrogen and oxygen atoms in total. The van der Waals surface area contributed by atoms with Crippen molar-refractivity contribution in [3.8, 4) is 0 Å². The first-order valence-electron chi connectivity index (χ1n) is 5.73. The fraction of sp³-hybridized carbons (Fsp3) is 0.250. The van der Waals surface area contributed by atoms with Gasteiger partial charge in [-0.25, -0.2) is 9.97 Å². The number of hydrogen-bond donors (Lipinski definition) is 1. The second-order valence-electron chi connectivity index (χ2n) is 3.86. The lowest BCUT2D eigenvalue weighted by Gasteiger charge is -2.07. The molecule has 2 rings (SSSR count). The van der Waals surface area contributed by atoms with Gasteiger partial charge in [-0.1, -0.05) is 18.5 Å². The summed E-state index contributed by atoms with van der Waals surface area (Å²) < 4.78 is 0. The lowest BCUT2D eigenvalue weighted by atomic mass is 10.1. The molecule has 0 spiro atoms. The van der Waals surface area contributed by atoms with Crippen molar-refractivity contribution in [3.63, 3.8) is 0 Å². The molecule has 0 bridgehead atoms. The van der Waals surface area contributed by atoms with Gasteiger partial charge in [-0.05, 0) is 25.5 Å². The molecule has 0 saturated heterocycles. The zero-order chi connectivity index (χ0) is 13.8. The highest BCUT2D eigenvalue weighted by atomic mass is 35.5. The molecule has 2 heterocycles. The van der Waals surface area contributed by atoms with E-state index >= 15 is 0 Å². The number of carbonyl (C=O) groups is 1. The Morgan fingerprint density at radius 2 is 2.21 bits per heavy atom. The number of nitrogens with zero attached hydrogens (tertiary/aromatic N) is 4. The van der Waals surface area contributed by atoms with E-state index in [0.717, 1.165) is 0 Å². The summed E-state index contributed by atoms with van der Waals surface area (Å²) in [4.78, 5) is 20.0. The summed E-state index contributed by atoms with van der Waals surface area (Å²) in [6, 6.07) is 3.22. The monoisotopic (exact) mass is 277 g/mol. The number of nitrogens with one attached hydrogen (secondary N) is 1. The molecule has 0 aromatic carbocycles. The number of carbonyl (C=O) groups excluding carboxylic acids is 1. The van der Waals surface area contributed by atoms with Gasteiger partial charge in [0.2, 0.25) is 5.95 Å². The van der Waals surface area contributed by atoms with E-state index in [9.17, 15) is 4.79 Å². The highest BCUT2D eigenvalue weighted by Gasteiger charge is 2.14. The Bertz CT molecular complexity index is 617. The van der Waals surface area contributed by atoms with Gasteiger partial charge in [0.1, 0.15) is 5.15 Å². The molecule has 0 atom stereocenters. The van der Waals surface area contributed by atoms with Crippen LogP contribution in [0.3, 0.4) is 0 Å². The minimum absolute atomic E-state index is 0.161. The van der Waals surface area contributed by atoms with Crippen LogP contribution in [0.15, 0.2) is 18.3 Å². The molecule has 19 heavy (non-hydrogen) atoms. The average molecular weight is 278 g/mol. The van der Waals surface area contributed by atoms with Crippen LogP contribution in [0.2, 0.25) is 5.15 Å². The highest BCUT2D eigenvalue weighted by molar-refractivity contribution is 6.29. The van der Waals surface area contributed by atoms with Crippen molar-refractivity contribution in [1.82, 2.24) is 20.2 Å². The van der Waals surface area contributed by atoms with Crippen molar-refractivity contribution >= 4 is 23.5 Å². The number of anilines is 1. The van der Waals surface area contributed by atoms with E-state index < -0.39 is 0 Å². The molecule has 98 valence electrons. The molecule has 2 aromatic rings. The third kappa shape index (κ3) is 3.23. The highest BCUT2D eigenvalue weighted by Crippen LogP contribution is 2.11. The molecule has 1 amide bonds. The number of rotatable bonds is 3. The third-order valence-electron chi connectivity index (χ3n) is 2.42. The summed E-state index contributed by atoms with van der Waals surface area (Å²) in [5.74, 6) is -0.161. The van der Waals surface area contributed by atoms with Gasteiger partial charge in [-0.15, -0.1) is 0 Å². The lowest BCUT2D eigenvalue weighted by Crippen LogP contribution is -2.17. The zero-order valence-corrected chi connectivity index (χ0v) is 11.3. The Kier molecular flexibility index (Phi) is 4.01. The molecular weight excluding hydrogens is 266 g/mol. The van der Waals surface area contributed by atoms with Crippen LogP contribution in [0.25, 0.3) is 0 Å². The summed E-state index contributed by atoms with van der Waals surface area (Å²) in [7, 11) is 0. The average Bonchev–Trinajstić information content (AvgIpc) is 2.38. The maximum absolute atomic E-state index is 12.2. The van der Waals surface area contributed by atoms with E-state index in [1.54, 1.807) is 13.0 Å². The van der Waals surface area contributed by atoms with Gasteiger partial charge in [0, 0.05) is 6.20 Å². The van der Waals surface area contributed by atoms with Crippen LogP contribution in [-0.4, -0.2) is 26.1 Å². The van der Waals surface area contributed by atoms with E-state index in [1.165, 1.54) is 12.3 Å². The fourth-order valence-corrected chi connectivity index (χ4v) is 1.67. The van der Waals surface area contributed by atoms with E-state index in [4.69, 9.17) is 11.6 Å². The summed E-state index contributed by atoms with van der Waals surface area (Å²) >= 11 is 5.73. The summed E-state index contributed by atoms with van der Waals surface area (Å²) in [6.45, 7) is 3.69. The molecule has 0 aliphatic heterocycles. The second kappa shape index (κ2) is 5.71. The van der Waals surface area contributed by atoms with Crippen molar-refractivity contribution in [2.75, 3.05) is 5.32 Å². The van der Waals surface area contributed by atoms with Crippen LogP contribution in [0, 0.1) is 6.92 Å². The number of amides is 1. The van der Waals surface area contributed by atoms with E-state index in [0.29, 0.717) is 23.4 Å². The maximum atomic E-state index is 12.2. The Labute approximate surface area is 115 Å². The first-order chi connectivity index (χ1) is 9.10. The minimum atomic E-state index is -0.322. The molecular formula is C12H12ClN5O. The predicted octanol–water partition coefficient (Wildman–Crippen LogP) is 2.04. The number of halogens is 1. The number of hydrogen-bond acceptors (Lipinski definition) is 5. The normalized spacial score (nSPS) is 10.3. The van der Waals surface area contributed by atoms with E-state index in [1.807, 2.05) is 6.92 Å². The van der Waals surface area contributed by atoms with Gasteiger partial charge in [0.25, 0.3) is 5.91 Å². The zero-order valence-electron chi connectivity index (χ0n) is 10.5. The predicted molar refractivity (Wildman–Crippen MR) is 71.1 cm³/mol. The first-order valence-corrected chi connectivity index (χ1v) is 6.11. The molecule has 0 aliphatic rings. The van der Waals surface area contributed by atoms with Gasteiger partial charge >= 0.3 is 0 Å². The molecule has 0 fully saturated rings. The van der Waals surface area contributed by atoms with Crippen LogP contribution >= 0.6 is 11.6 Å². The van der Waals surface area contributed by atoms with E-state index in [-0.39, 0.29) is 17.0 Å². The van der Waals surface area contributed by atoms with Gasteiger partial charge < -0.3 is 0 Å². The third-order valence-corrected chi connectivity index (χ3v) is 2.63. The molecule has 0 unspecified atom stereocenters. The number of aromatic nitrogens is 4. The first kappa shape index (κ1) is 13.4.